The van der Waals surface area contributed by atoms with Crippen molar-refractivity contribution in [2.24, 2.45) is 0 Å². The Labute approximate surface area is 121 Å². The molecule has 0 heterocycles. The first-order chi connectivity index (χ1) is 9.56. The molecule has 0 spiro atoms. The molecule has 0 saturated heterocycles. The third-order valence-electron chi connectivity index (χ3n) is 3.70. The van der Waals surface area contributed by atoms with E-state index in [9.17, 15) is 5.11 Å². The molecule has 2 aromatic rings. The fraction of sp³-hybridized carbons (Fsp3) is 0.333. The topological polar surface area (TPSA) is 32.3 Å². The van der Waals surface area contributed by atoms with Crippen LogP contribution in [0.5, 0.6) is 5.75 Å². The molecule has 2 N–H and O–H groups in total. The summed E-state index contributed by atoms with van der Waals surface area (Å²) in [5.41, 5.74) is 5.25. The summed E-state index contributed by atoms with van der Waals surface area (Å²) in [5, 5.41) is 12.8. The molecular weight excluding hydrogens is 246 g/mol. The molecule has 0 saturated carbocycles. The van der Waals surface area contributed by atoms with Gasteiger partial charge in [0.2, 0.25) is 0 Å². The van der Waals surface area contributed by atoms with Crippen LogP contribution in [0.25, 0.3) is 0 Å². The molecule has 0 aliphatic carbocycles. The van der Waals surface area contributed by atoms with Crippen LogP contribution in [-0.2, 0) is 6.42 Å². The van der Waals surface area contributed by atoms with E-state index >= 15 is 0 Å². The molecular formula is C18H23NO. The lowest BCUT2D eigenvalue weighted by molar-refractivity contribution is 0.475. The van der Waals surface area contributed by atoms with Gasteiger partial charge in [-0.05, 0) is 62.6 Å². The Balaban J connectivity index is 1.90. The minimum Gasteiger partial charge on any atom is -0.508 e. The Morgan fingerprint density at radius 2 is 1.75 bits per heavy atom. The lowest BCUT2D eigenvalue weighted by Gasteiger charge is -2.17. The van der Waals surface area contributed by atoms with Gasteiger partial charge in [-0.15, -0.1) is 0 Å². The van der Waals surface area contributed by atoms with E-state index in [1.54, 1.807) is 12.1 Å². The van der Waals surface area contributed by atoms with Gasteiger partial charge in [-0.25, -0.2) is 0 Å². The van der Waals surface area contributed by atoms with E-state index in [1.165, 1.54) is 22.3 Å². The van der Waals surface area contributed by atoms with Gasteiger partial charge in [0.25, 0.3) is 0 Å². The standard InChI is InChI=1S/C18H23NO/c1-13-4-5-14(2)18(12-13)15(3)19-11-10-16-6-8-17(20)9-7-16/h4-9,12,15,19-20H,10-11H2,1-3H3. The highest BCUT2D eigenvalue weighted by atomic mass is 16.3. The van der Waals surface area contributed by atoms with E-state index in [2.05, 4.69) is 44.3 Å². The smallest absolute Gasteiger partial charge is 0.115 e. The molecule has 20 heavy (non-hydrogen) atoms. The number of nitrogens with one attached hydrogen (secondary N) is 1. The highest BCUT2D eigenvalue weighted by Gasteiger charge is 2.07. The fourth-order valence-electron chi connectivity index (χ4n) is 2.43. The molecule has 2 nitrogen and oxygen atoms in total. The van der Waals surface area contributed by atoms with Gasteiger partial charge >= 0.3 is 0 Å². The molecule has 1 unspecified atom stereocenters. The van der Waals surface area contributed by atoms with Crippen LogP contribution in [0.2, 0.25) is 0 Å². The number of hydrogen-bond donors (Lipinski definition) is 2. The molecule has 2 heteroatoms. The fourth-order valence-corrected chi connectivity index (χ4v) is 2.43. The van der Waals surface area contributed by atoms with Gasteiger partial charge in [0.15, 0.2) is 0 Å². The van der Waals surface area contributed by atoms with E-state index < -0.39 is 0 Å². The van der Waals surface area contributed by atoms with Crippen LogP contribution >= 0.6 is 0 Å². The number of benzene rings is 2. The summed E-state index contributed by atoms with van der Waals surface area (Å²) in [6.45, 7) is 7.43. The Morgan fingerprint density at radius 1 is 1.05 bits per heavy atom. The largest absolute Gasteiger partial charge is 0.508 e. The second-order valence-corrected chi connectivity index (χ2v) is 5.45. The zero-order valence-corrected chi connectivity index (χ0v) is 12.5. The number of hydrogen-bond acceptors (Lipinski definition) is 2. The molecule has 106 valence electrons. The van der Waals surface area contributed by atoms with Crippen molar-refractivity contribution < 1.29 is 5.11 Å². The number of aryl methyl sites for hydroxylation is 2. The van der Waals surface area contributed by atoms with Gasteiger partial charge < -0.3 is 10.4 Å². The van der Waals surface area contributed by atoms with Gasteiger partial charge in [-0.2, -0.15) is 0 Å². The number of phenols is 1. The Bertz CT molecular complexity index is 560. The predicted octanol–water partition coefficient (Wildman–Crippen LogP) is 3.90. The molecule has 0 amide bonds. The van der Waals surface area contributed by atoms with Crippen LogP contribution < -0.4 is 5.32 Å². The van der Waals surface area contributed by atoms with Crippen LogP contribution in [-0.4, -0.2) is 11.7 Å². The average Bonchev–Trinajstić information content (AvgIpc) is 2.43. The minimum atomic E-state index is 0.325. The van der Waals surface area contributed by atoms with Crippen molar-refractivity contribution in [2.45, 2.75) is 33.2 Å². The Hall–Kier alpha value is -1.80. The van der Waals surface area contributed by atoms with Crippen LogP contribution in [0, 0.1) is 13.8 Å². The normalized spacial score (nSPS) is 12.3. The van der Waals surface area contributed by atoms with Crippen molar-refractivity contribution in [3.8, 4) is 5.75 Å². The van der Waals surface area contributed by atoms with Crippen LogP contribution in [0.15, 0.2) is 42.5 Å². The quantitative estimate of drug-likeness (QED) is 0.862. The highest BCUT2D eigenvalue weighted by molar-refractivity contribution is 5.32. The third kappa shape index (κ3) is 3.84. The highest BCUT2D eigenvalue weighted by Crippen LogP contribution is 2.19. The van der Waals surface area contributed by atoms with E-state index in [0.717, 1.165) is 13.0 Å². The maximum Gasteiger partial charge on any atom is 0.115 e. The second-order valence-electron chi connectivity index (χ2n) is 5.45. The van der Waals surface area contributed by atoms with Crippen molar-refractivity contribution >= 4 is 0 Å². The lowest BCUT2D eigenvalue weighted by atomic mass is 10.00. The summed E-state index contributed by atoms with van der Waals surface area (Å²) in [7, 11) is 0. The zero-order valence-electron chi connectivity index (χ0n) is 12.5. The van der Waals surface area contributed by atoms with E-state index in [4.69, 9.17) is 0 Å². The molecule has 0 radical (unpaired) electrons. The molecule has 0 fully saturated rings. The monoisotopic (exact) mass is 269 g/mol. The van der Waals surface area contributed by atoms with Gasteiger partial charge in [0.1, 0.15) is 5.75 Å². The number of phenolic OH excluding ortho intramolecular Hbond substituents is 1. The minimum absolute atomic E-state index is 0.325. The SMILES string of the molecule is Cc1ccc(C)c(C(C)NCCc2ccc(O)cc2)c1. The summed E-state index contributed by atoms with van der Waals surface area (Å²) in [4.78, 5) is 0. The maximum absolute atomic E-state index is 9.26. The van der Waals surface area contributed by atoms with Crippen LogP contribution in [0.3, 0.4) is 0 Å². The van der Waals surface area contributed by atoms with Crippen molar-refractivity contribution in [3.63, 3.8) is 0 Å². The first kappa shape index (κ1) is 14.6. The second kappa shape index (κ2) is 6.58. The zero-order chi connectivity index (χ0) is 14.5. The molecule has 0 aromatic heterocycles. The van der Waals surface area contributed by atoms with Crippen molar-refractivity contribution in [1.82, 2.24) is 5.32 Å². The third-order valence-corrected chi connectivity index (χ3v) is 3.70. The van der Waals surface area contributed by atoms with E-state index in [-0.39, 0.29) is 0 Å². The van der Waals surface area contributed by atoms with Gasteiger partial charge in [0.05, 0.1) is 0 Å². The van der Waals surface area contributed by atoms with Crippen LogP contribution in [0.1, 0.15) is 35.2 Å². The predicted molar refractivity (Wildman–Crippen MR) is 84.1 cm³/mol. The Kier molecular flexibility index (Phi) is 4.80. The van der Waals surface area contributed by atoms with Crippen molar-refractivity contribution in [1.29, 1.82) is 0 Å². The average molecular weight is 269 g/mol. The summed E-state index contributed by atoms with van der Waals surface area (Å²) in [5.74, 6) is 0.325. The number of rotatable bonds is 5. The molecule has 2 aromatic carbocycles. The van der Waals surface area contributed by atoms with Crippen LogP contribution in [0.4, 0.5) is 0 Å². The summed E-state index contributed by atoms with van der Waals surface area (Å²) in [6.07, 6.45) is 0.968. The van der Waals surface area contributed by atoms with E-state index in [0.29, 0.717) is 11.8 Å². The molecule has 0 aliphatic heterocycles. The number of aromatic hydroxyl groups is 1. The van der Waals surface area contributed by atoms with Crippen molar-refractivity contribution in [3.05, 3.63) is 64.7 Å². The molecule has 1 atom stereocenters. The van der Waals surface area contributed by atoms with E-state index in [1.807, 2.05) is 12.1 Å². The first-order valence-corrected chi connectivity index (χ1v) is 7.14. The lowest BCUT2D eigenvalue weighted by Crippen LogP contribution is -2.22. The summed E-state index contributed by atoms with van der Waals surface area (Å²) >= 11 is 0. The first-order valence-electron chi connectivity index (χ1n) is 7.14. The van der Waals surface area contributed by atoms with Gasteiger partial charge in [0, 0.05) is 6.04 Å². The molecule has 0 aliphatic rings. The summed E-state index contributed by atoms with van der Waals surface area (Å²) < 4.78 is 0. The summed E-state index contributed by atoms with van der Waals surface area (Å²) in [6, 6.07) is 14.4. The Morgan fingerprint density at radius 3 is 2.45 bits per heavy atom. The maximum atomic E-state index is 9.26. The van der Waals surface area contributed by atoms with Crippen molar-refractivity contribution in [2.75, 3.05) is 6.54 Å². The van der Waals surface area contributed by atoms with Gasteiger partial charge in [-0.1, -0.05) is 35.9 Å². The molecule has 0 bridgehead atoms. The molecule has 2 rings (SSSR count). The van der Waals surface area contributed by atoms with Gasteiger partial charge in [-0.3, -0.25) is 0 Å².